The van der Waals surface area contributed by atoms with Crippen molar-refractivity contribution in [2.75, 3.05) is 5.32 Å². The van der Waals surface area contributed by atoms with E-state index in [4.69, 9.17) is 4.74 Å². The summed E-state index contributed by atoms with van der Waals surface area (Å²) >= 11 is 0. The number of fused-ring (bicyclic) bond motifs is 1. The maximum absolute atomic E-state index is 12.4. The van der Waals surface area contributed by atoms with Crippen LogP contribution in [-0.2, 0) is 9.59 Å². The first-order valence-electron chi connectivity index (χ1n) is 9.46. The summed E-state index contributed by atoms with van der Waals surface area (Å²) < 4.78 is 5.20. The lowest BCUT2D eigenvalue weighted by molar-refractivity contribution is -0.161. The van der Waals surface area contributed by atoms with Crippen molar-refractivity contribution in [3.8, 4) is 11.8 Å². The minimum atomic E-state index is -1.26. The number of carboxylic acids is 1. The smallest absolute Gasteiger partial charge is 0.418 e. The Bertz CT molecular complexity index is 1150. The number of aliphatic hydroxyl groups is 1. The number of aromatic amines is 1. The molecule has 0 saturated carbocycles. The lowest BCUT2D eigenvalue weighted by atomic mass is 9.82. The quantitative estimate of drug-likeness (QED) is 0.536. The van der Waals surface area contributed by atoms with Crippen molar-refractivity contribution >= 4 is 29.4 Å². The largest absolute Gasteiger partial charge is 0.477 e. The van der Waals surface area contributed by atoms with Gasteiger partial charge in [0.15, 0.2) is 5.75 Å². The molecule has 4 rings (SSSR count). The molecule has 2 amide bonds. The summed E-state index contributed by atoms with van der Waals surface area (Å²) in [6.45, 7) is 1.50. The molecular formula is C21H18N4O6. The molecule has 1 aromatic heterocycles. The maximum Gasteiger partial charge on any atom is 0.418 e. The van der Waals surface area contributed by atoms with Gasteiger partial charge in [0.1, 0.15) is 17.6 Å². The van der Waals surface area contributed by atoms with Gasteiger partial charge in [-0.25, -0.2) is 9.59 Å². The van der Waals surface area contributed by atoms with Crippen LogP contribution in [0.3, 0.4) is 0 Å². The van der Waals surface area contributed by atoms with Gasteiger partial charge in [-0.3, -0.25) is 10.1 Å². The van der Waals surface area contributed by atoms with Crippen molar-refractivity contribution in [1.29, 1.82) is 5.26 Å². The van der Waals surface area contributed by atoms with E-state index in [9.17, 15) is 29.9 Å². The number of nitrogens with one attached hydrogen (secondary N) is 2. The highest BCUT2D eigenvalue weighted by molar-refractivity contribution is 6.06. The van der Waals surface area contributed by atoms with Crippen molar-refractivity contribution in [3.05, 3.63) is 53.4 Å². The summed E-state index contributed by atoms with van der Waals surface area (Å²) in [5, 5.41) is 31.5. The average Bonchev–Trinajstić information content (AvgIpc) is 3.33. The molecule has 2 aliphatic rings. The third kappa shape index (κ3) is 3.41. The minimum Gasteiger partial charge on any atom is -0.477 e. The zero-order chi connectivity index (χ0) is 22.3. The molecule has 4 N–H and O–H groups in total. The number of amides is 2. The Morgan fingerprint density at radius 2 is 2.16 bits per heavy atom. The Morgan fingerprint density at radius 3 is 2.77 bits per heavy atom. The summed E-state index contributed by atoms with van der Waals surface area (Å²) in [7, 11) is 0. The van der Waals surface area contributed by atoms with E-state index in [0.29, 0.717) is 17.0 Å². The van der Waals surface area contributed by atoms with E-state index in [0.717, 1.165) is 0 Å². The highest BCUT2D eigenvalue weighted by Crippen LogP contribution is 2.47. The Balaban J connectivity index is 1.62. The molecular weight excluding hydrogens is 404 g/mol. The van der Waals surface area contributed by atoms with E-state index < -0.39 is 36.0 Å². The number of nitrogens with zero attached hydrogens (tertiary/aromatic N) is 2. The average molecular weight is 422 g/mol. The number of β-lactam (4-membered cyclic amide) rings is 1. The topological polar surface area (TPSA) is 156 Å². The number of carboxylic acid groups (broad SMARTS) is 1. The lowest BCUT2D eigenvalue weighted by Crippen LogP contribution is -2.61. The van der Waals surface area contributed by atoms with Gasteiger partial charge in [0, 0.05) is 6.20 Å². The van der Waals surface area contributed by atoms with Crippen LogP contribution in [0.25, 0.3) is 5.57 Å². The molecule has 10 heteroatoms. The van der Waals surface area contributed by atoms with Gasteiger partial charge in [-0.2, -0.15) is 5.26 Å². The molecule has 1 saturated heterocycles. The predicted molar refractivity (Wildman–Crippen MR) is 107 cm³/mol. The van der Waals surface area contributed by atoms with Crippen LogP contribution in [0, 0.1) is 17.2 Å². The lowest BCUT2D eigenvalue weighted by Gasteiger charge is -2.44. The summed E-state index contributed by atoms with van der Waals surface area (Å²) in [5.41, 5.74) is 0.684. The summed E-state index contributed by atoms with van der Waals surface area (Å²) in [5.74, 6) is -1.94. The van der Waals surface area contributed by atoms with Gasteiger partial charge >= 0.3 is 12.1 Å². The molecule has 3 atom stereocenters. The Kier molecular flexibility index (Phi) is 4.96. The second kappa shape index (κ2) is 7.62. The Morgan fingerprint density at radius 1 is 1.39 bits per heavy atom. The molecule has 31 heavy (non-hydrogen) atoms. The van der Waals surface area contributed by atoms with E-state index in [2.05, 4.69) is 10.3 Å². The predicted octanol–water partition coefficient (Wildman–Crippen LogP) is 1.90. The van der Waals surface area contributed by atoms with Crippen LogP contribution in [-0.4, -0.2) is 50.2 Å². The Labute approximate surface area is 176 Å². The molecule has 2 aromatic rings. The molecule has 1 fully saturated rings. The summed E-state index contributed by atoms with van der Waals surface area (Å²) in [4.78, 5) is 40.2. The molecule has 158 valence electrons. The second-order valence-electron chi connectivity index (χ2n) is 7.30. The fraction of sp³-hybridized carbons (Fsp3) is 0.238. The van der Waals surface area contributed by atoms with E-state index in [1.54, 1.807) is 18.3 Å². The molecule has 1 aromatic carbocycles. The summed E-state index contributed by atoms with van der Waals surface area (Å²) in [6.07, 6.45) is 0.164. The van der Waals surface area contributed by atoms with Crippen LogP contribution in [0.15, 0.2) is 42.2 Å². The number of hydrogen-bond acceptors (Lipinski definition) is 6. The van der Waals surface area contributed by atoms with Gasteiger partial charge in [-0.1, -0.05) is 6.07 Å². The first-order chi connectivity index (χ1) is 14.8. The SMILES string of the molecule is C[C@@H](O)[C@H]1C(=O)N2C(C(=O)O)=C(c3ccc(OC(=O)Nc4ccc[nH]4)c(C#N)c3)C[C@H]12. The molecule has 3 heterocycles. The fourth-order valence-corrected chi connectivity index (χ4v) is 4.06. The number of aliphatic hydroxyl groups excluding tert-OH is 1. The number of ether oxygens (including phenoxy) is 1. The molecule has 2 aliphatic heterocycles. The van der Waals surface area contributed by atoms with Gasteiger partial charge in [0.2, 0.25) is 5.91 Å². The minimum absolute atomic E-state index is 0.00647. The van der Waals surface area contributed by atoms with Crippen LogP contribution < -0.4 is 10.1 Å². The second-order valence-corrected chi connectivity index (χ2v) is 7.30. The zero-order valence-corrected chi connectivity index (χ0v) is 16.3. The monoisotopic (exact) mass is 422 g/mol. The van der Waals surface area contributed by atoms with Gasteiger partial charge < -0.3 is 24.8 Å². The van der Waals surface area contributed by atoms with Crippen LogP contribution in [0.1, 0.15) is 24.5 Å². The van der Waals surface area contributed by atoms with Gasteiger partial charge in [0.25, 0.3) is 0 Å². The number of nitriles is 1. The van der Waals surface area contributed by atoms with Crippen LogP contribution in [0.2, 0.25) is 0 Å². The first kappa shape index (κ1) is 20.2. The van der Waals surface area contributed by atoms with E-state index in [1.165, 1.54) is 30.0 Å². The van der Waals surface area contributed by atoms with Crippen molar-refractivity contribution in [2.24, 2.45) is 5.92 Å². The van der Waals surface area contributed by atoms with E-state index in [1.807, 2.05) is 6.07 Å². The highest BCUT2D eigenvalue weighted by atomic mass is 16.6. The van der Waals surface area contributed by atoms with Crippen LogP contribution >= 0.6 is 0 Å². The molecule has 0 unspecified atom stereocenters. The van der Waals surface area contributed by atoms with E-state index >= 15 is 0 Å². The third-order valence-corrected chi connectivity index (χ3v) is 5.42. The molecule has 0 radical (unpaired) electrons. The van der Waals surface area contributed by atoms with Crippen molar-refractivity contribution < 1.29 is 29.3 Å². The number of carbonyl (C=O) groups excluding carboxylic acids is 2. The number of rotatable bonds is 5. The zero-order valence-electron chi connectivity index (χ0n) is 16.3. The maximum atomic E-state index is 12.4. The number of hydrogen-bond donors (Lipinski definition) is 4. The Hall–Kier alpha value is -4.10. The molecule has 0 aliphatic carbocycles. The molecule has 0 bridgehead atoms. The van der Waals surface area contributed by atoms with E-state index in [-0.39, 0.29) is 23.4 Å². The number of H-pyrrole nitrogens is 1. The normalized spacial score (nSPS) is 20.5. The van der Waals surface area contributed by atoms with Crippen molar-refractivity contribution in [2.45, 2.75) is 25.5 Å². The van der Waals surface area contributed by atoms with Crippen molar-refractivity contribution in [1.82, 2.24) is 9.88 Å². The number of aliphatic carboxylic acids is 1. The standard InChI is InChI=1S/C21H18N4O6/c1-10(26)17-14-8-13(18(20(28)29)25(14)19(17)27)11-4-5-15(12(7-11)9-22)31-21(30)24-16-3-2-6-23-16/h2-7,10,14,17,23,26H,8H2,1H3,(H,24,30)(H,28,29)/t10-,14-,17-/m1/s1. The number of benzene rings is 1. The van der Waals surface area contributed by atoms with Gasteiger partial charge in [-0.15, -0.1) is 0 Å². The van der Waals surface area contributed by atoms with Gasteiger partial charge in [-0.05, 0) is 48.7 Å². The number of anilines is 1. The van der Waals surface area contributed by atoms with Crippen LogP contribution in [0.4, 0.5) is 10.6 Å². The van der Waals surface area contributed by atoms with Crippen molar-refractivity contribution in [3.63, 3.8) is 0 Å². The third-order valence-electron chi connectivity index (χ3n) is 5.42. The highest BCUT2D eigenvalue weighted by Gasteiger charge is 2.56. The molecule has 0 spiro atoms. The fourth-order valence-electron chi connectivity index (χ4n) is 4.06. The van der Waals surface area contributed by atoms with Crippen LogP contribution in [0.5, 0.6) is 5.75 Å². The first-order valence-corrected chi connectivity index (χ1v) is 9.46. The molecule has 10 nitrogen and oxygen atoms in total. The number of aromatic nitrogens is 1. The number of carbonyl (C=O) groups is 3. The van der Waals surface area contributed by atoms with Gasteiger partial charge in [0.05, 0.1) is 23.6 Å². The summed E-state index contributed by atoms with van der Waals surface area (Å²) in [6, 6.07) is 9.16.